The summed E-state index contributed by atoms with van der Waals surface area (Å²) in [5.41, 5.74) is 3.39. The second kappa shape index (κ2) is 6.17. The molecule has 2 rings (SSSR count). The minimum absolute atomic E-state index is 0.174. The van der Waals surface area contributed by atoms with E-state index in [1.165, 1.54) is 18.2 Å². The number of nitrogens with zero attached hydrogens (tertiary/aromatic N) is 1. The second-order valence-corrected chi connectivity index (χ2v) is 5.13. The highest BCUT2D eigenvalue weighted by Crippen LogP contribution is 2.24. The molecule has 1 atom stereocenters. The molecule has 1 aliphatic rings. The average Bonchev–Trinajstić information content (AvgIpc) is 2.39. The van der Waals surface area contributed by atoms with Crippen molar-refractivity contribution in [1.82, 2.24) is 10.2 Å². The van der Waals surface area contributed by atoms with Crippen molar-refractivity contribution in [2.45, 2.75) is 19.9 Å². The number of piperazine rings is 1. The van der Waals surface area contributed by atoms with Gasteiger partial charge in [-0.15, -0.1) is 0 Å². The minimum atomic E-state index is -0.286. The predicted octanol–water partition coefficient (Wildman–Crippen LogP) is 1.42. The maximum Gasteiger partial charge on any atom is 0.327 e. The number of carbonyl (C=O) groups is 1. The van der Waals surface area contributed by atoms with Gasteiger partial charge in [-0.1, -0.05) is 29.3 Å². The van der Waals surface area contributed by atoms with E-state index >= 15 is 0 Å². The van der Waals surface area contributed by atoms with E-state index < -0.39 is 0 Å². The molecule has 0 aliphatic carbocycles. The topological polar surface area (TPSA) is 41.6 Å². The summed E-state index contributed by atoms with van der Waals surface area (Å²) in [4.78, 5) is 14.3. The van der Waals surface area contributed by atoms with E-state index in [1.807, 2.05) is 0 Å². The molecule has 0 radical (unpaired) electrons. The van der Waals surface area contributed by atoms with Gasteiger partial charge in [-0.3, -0.25) is 4.90 Å². The zero-order valence-electron chi connectivity index (χ0n) is 11.9. The molecule has 1 heterocycles. The second-order valence-electron chi connectivity index (χ2n) is 5.13. The van der Waals surface area contributed by atoms with Crippen LogP contribution >= 0.6 is 0 Å². The predicted molar refractivity (Wildman–Crippen MR) is 75.1 cm³/mol. The van der Waals surface area contributed by atoms with Crippen molar-refractivity contribution in [3.05, 3.63) is 34.9 Å². The Kier molecular flexibility index (Phi) is 4.56. The summed E-state index contributed by atoms with van der Waals surface area (Å²) in [7, 11) is 1.46. The largest absolute Gasteiger partial charge is 0.468 e. The van der Waals surface area contributed by atoms with Crippen LogP contribution in [-0.4, -0.2) is 44.2 Å². The Morgan fingerprint density at radius 2 is 1.79 bits per heavy atom. The molecule has 1 aromatic carbocycles. The number of hydrogen-bond acceptors (Lipinski definition) is 4. The zero-order valence-corrected chi connectivity index (χ0v) is 11.9. The number of hydrogen-bond donors (Lipinski definition) is 1. The number of esters is 1. The Labute approximate surface area is 114 Å². The first kappa shape index (κ1) is 14.0. The first-order chi connectivity index (χ1) is 9.11. The van der Waals surface area contributed by atoms with E-state index in [4.69, 9.17) is 4.74 Å². The number of carbonyl (C=O) groups excluding carboxylic acids is 1. The van der Waals surface area contributed by atoms with Crippen molar-refractivity contribution < 1.29 is 9.53 Å². The number of ether oxygens (including phenoxy) is 1. The van der Waals surface area contributed by atoms with Crippen LogP contribution in [0, 0.1) is 13.8 Å². The van der Waals surface area contributed by atoms with Crippen molar-refractivity contribution in [2.24, 2.45) is 0 Å². The van der Waals surface area contributed by atoms with Crippen LogP contribution in [0.4, 0.5) is 0 Å². The van der Waals surface area contributed by atoms with E-state index in [-0.39, 0.29) is 12.0 Å². The fraction of sp³-hybridized carbons (Fsp3) is 0.533. The molecule has 104 valence electrons. The van der Waals surface area contributed by atoms with E-state index in [1.54, 1.807) is 0 Å². The third kappa shape index (κ3) is 3.33. The van der Waals surface area contributed by atoms with Gasteiger partial charge in [0.05, 0.1) is 7.11 Å². The Hall–Kier alpha value is -1.39. The third-order valence-corrected chi connectivity index (χ3v) is 3.50. The molecule has 1 saturated heterocycles. The quantitative estimate of drug-likeness (QED) is 0.837. The van der Waals surface area contributed by atoms with Crippen LogP contribution in [0.1, 0.15) is 22.7 Å². The first-order valence-electron chi connectivity index (χ1n) is 6.72. The highest BCUT2D eigenvalue weighted by molar-refractivity contribution is 5.77. The lowest BCUT2D eigenvalue weighted by Gasteiger charge is -2.33. The third-order valence-electron chi connectivity index (χ3n) is 3.50. The number of benzene rings is 1. The van der Waals surface area contributed by atoms with Crippen molar-refractivity contribution in [2.75, 3.05) is 33.3 Å². The zero-order chi connectivity index (χ0) is 13.8. The number of rotatable bonds is 3. The van der Waals surface area contributed by atoms with Crippen LogP contribution < -0.4 is 5.32 Å². The van der Waals surface area contributed by atoms with Gasteiger partial charge >= 0.3 is 5.97 Å². The SMILES string of the molecule is COC(=O)C(c1cc(C)cc(C)c1)N1CCNCC1. The Bertz CT molecular complexity index is 433. The Morgan fingerprint density at radius 3 is 2.32 bits per heavy atom. The lowest BCUT2D eigenvalue weighted by atomic mass is 9.99. The lowest BCUT2D eigenvalue weighted by molar-refractivity contribution is -0.147. The van der Waals surface area contributed by atoms with Crippen LogP contribution in [0.15, 0.2) is 18.2 Å². The van der Waals surface area contributed by atoms with Gasteiger partial charge in [0.15, 0.2) is 0 Å². The van der Waals surface area contributed by atoms with Crippen LogP contribution in [-0.2, 0) is 9.53 Å². The maximum absolute atomic E-state index is 12.1. The fourth-order valence-corrected chi connectivity index (χ4v) is 2.72. The van der Waals surface area contributed by atoms with Crippen LogP contribution in [0.25, 0.3) is 0 Å². The van der Waals surface area contributed by atoms with Gasteiger partial charge < -0.3 is 10.1 Å². The highest BCUT2D eigenvalue weighted by atomic mass is 16.5. The number of methoxy groups -OCH3 is 1. The fourth-order valence-electron chi connectivity index (χ4n) is 2.72. The van der Waals surface area contributed by atoms with E-state index in [2.05, 4.69) is 42.3 Å². The van der Waals surface area contributed by atoms with Crippen molar-refractivity contribution in [3.8, 4) is 0 Å². The average molecular weight is 262 g/mol. The molecule has 0 amide bonds. The monoisotopic (exact) mass is 262 g/mol. The number of aryl methyl sites for hydroxylation is 2. The molecular formula is C15H22N2O2. The first-order valence-corrected chi connectivity index (χ1v) is 6.72. The molecule has 4 nitrogen and oxygen atoms in total. The number of nitrogens with one attached hydrogen (secondary N) is 1. The Balaban J connectivity index is 2.33. The van der Waals surface area contributed by atoms with Crippen molar-refractivity contribution >= 4 is 5.97 Å². The molecule has 0 bridgehead atoms. The van der Waals surface area contributed by atoms with Gasteiger partial charge in [0.25, 0.3) is 0 Å². The molecular weight excluding hydrogens is 240 g/mol. The van der Waals surface area contributed by atoms with Gasteiger partial charge in [0.2, 0.25) is 0 Å². The van der Waals surface area contributed by atoms with Gasteiger partial charge in [0.1, 0.15) is 6.04 Å². The standard InChI is InChI=1S/C15H22N2O2/c1-11-8-12(2)10-13(9-11)14(15(18)19-3)17-6-4-16-5-7-17/h8-10,14,16H,4-7H2,1-3H3. The summed E-state index contributed by atoms with van der Waals surface area (Å²) in [5, 5.41) is 3.31. The molecule has 1 fully saturated rings. The van der Waals surface area contributed by atoms with Crippen LogP contribution in [0.3, 0.4) is 0 Å². The molecule has 0 spiro atoms. The maximum atomic E-state index is 12.1. The van der Waals surface area contributed by atoms with E-state index in [0.29, 0.717) is 0 Å². The summed E-state index contributed by atoms with van der Waals surface area (Å²) in [5.74, 6) is -0.174. The summed E-state index contributed by atoms with van der Waals surface area (Å²) < 4.78 is 5.00. The van der Waals surface area contributed by atoms with E-state index in [9.17, 15) is 4.79 Å². The molecule has 4 heteroatoms. The molecule has 1 N–H and O–H groups in total. The molecule has 0 saturated carbocycles. The Morgan fingerprint density at radius 1 is 1.21 bits per heavy atom. The smallest absolute Gasteiger partial charge is 0.327 e. The van der Waals surface area contributed by atoms with Crippen molar-refractivity contribution in [1.29, 1.82) is 0 Å². The lowest BCUT2D eigenvalue weighted by Crippen LogP contribution is -2.47. The normalized spacial score (nSPS) is 18.1. The van der Waals surface area contributed by atoms with Gasteiger partial charge in [-0.25, -0.2) is 4.79 Å². The summed E-state index contributed by atoms with van der Waals surface area (Å²) >= 11 is 0. The molecule has 19 heavy (non-hydrogen) atoms. The van der Waals surface area contributed by atoms with Gasteiger partial charge in [0, 0.05) is 26.2 Å². The van der Waals surface area contributed by atoms with Gasteiger partial charge in [-0.2, -0.15) is 0 Å². The summed E-state index contributed by atoms with van der Waals surface area (Å²) in [6.07, 6.45) is 0. The summed E-state index contributed by atoms with van der Waals surface area (Å²) in [6, 6.07) is 5.99. The van der Waals surface area contributed by atoms with E-state index in [0.717, 1.165) is 31.7 Å². The van der Waals surface area contributed by atoms with Crippen molar-refractivity contribution in [3.63, 3.8) is 0 Å². The minimum Gasteiger partial charge on any atom is -0.468 e. The molecule has 1 aromatic rings. The molecule has 1 aliphatic heterocycles. The summed E-state index contributed by atoms with van der Waals surface area (Å²) in [6.45, 7) is 7.68. The molecule has 0 aromatic heterocycles. The van der Waals surface area contributed by atoms with Crippen LogP contribution in [0.2, 0.25) is 0 Å². The van der Waals surface area contributed by atoms with Gasteiger partial charge in [-0.05, 0) is 19.4 Å². The van der Waals surface area contributed by atoms with Crippen LogP contribution in [0.5, 0.6) is 0 Å². The highest BCUT2D eigenvalue weighted by Gasteiger charge is 2.29. The molecule has 1 unspecified atom stereocenters.